The van der Waals surface area contributed by atoms with Crippen molar-refractivity contribution >= 4 is 0 Å². The largest absolute Gasteiger partial charge is 0.297 e. The van der Waals surface area contributed by atoms with Crippen molar-refractivity contribution in [2.75, 3.05) is 13.1 Å². The highest BCUT2D eigenvalue weighted by Gasteiger charge is 2.33. The Morgan fingerprint density at radius 3 is 2.67 bits per heavy atom. The number of piperidine rings is 1. The zero-order chi connectivity index (χ0) is 8.55. The molecule has 0 N–H and O–H groups in total. The van der Waals surface area contributed by atoms with E-state index >= 15 is 0 Å². The van der Waals surface area contributed by atoms with Crippen LogP contribution in [-0.2, 0) is 0 Å². The predicted molar refractivity (Wildman–Crippen MR) is 47.9 cm³/mol. The average molecular weight is 171 g/mol. The van der Waals surface area contributed by atoms with E-state index in [0.29, 0.717) is 6.54 Å². The molecule has 1 aliphatic carbocycles. The summed E-state index contributed by atoms with van der Waals surface area (Å²) in [7, 11) is 0. The third-order valence-electron chi connectivity index (χ3n) is 3.26. The van der Waals surface area contributed by atoms with Crippen LogP contribution in [0.3, 0.4) is 0 Å². The van der Waals surface area contributed by atoms with E-state index in [1.165, 1.54) is 12.8 Å². The molecule has 12 heavy (non-hydrogen) atoms. The van der Waals surface area contributed by atoms with Crippen LogP contribution >= 0.6 is 0 Å². The smallest absolute Gasteiger partial charge is 0.113 e. The molecule has 1 atom stereocenters. The monoisotopic (exact) mass is 171 g/mol. The Morgan fingerprint density at radius 2 is 2.08 bits per heavy atom. The van der Waals surface area contributed by atoms with Crippen molar-refractivity contribution in [1.82, 2.24) is 4.90 Å². The number of hydrogen-bond donors (Lipinski definition) is 0. The summed E-state index contributed by atoms with van der Waals surface area (Å²) in [6.45, 7) is 4.13. The molecule has 0 spiro atoms. The Bertz CT molecular complexity index is 154. The van der Waals surface area contributed by atoms with Crippen molar-refractivity contribution in [3.63, 3.8) is 0 Å². The van der Waals surface area contributed by atoms with Crippen LogP contribution in [-0.4, -0.2) is 30.2 Å². The van der Waals surface area contributed by atoms with Gasteiger partial charge in [0.05, 0.1) is 0 Å². The van der Waals surface area contributed by atoms with Crippen LogP contribution in [0.5, 0.6) is 0 Å². The molecule has 1 nitrogen and oxygen atoms in total. The third kappa shape index (κ3) is 1.63. The van der Waals surface area contributed by atoms with Crippen LogP contribution in [0.25, 0.3) is 0 Å². The lowest BCUT2D eigenvalue weighted by Gasteiger charge is -2.44. The highest BCUT2D eigenvalue weighted by molar-refractivity contribution is 4.87. The van der Waals surface area contributed by atoms with Gasteiger partial charge in [-0.25, -0.2) is 4.39 Å². The first kappa shape index (κ1) is 8.49. The Labute approximate surface area is 73.9 Å². The van der Waals surface area contributed by atoms with Crippen LogP contribution in [0, 0.1) is 5.92 Å². The normalized spacial score (nSPS) is 44.0. The van der Waals surface area contributed by atoms with Gasteiger partial charge >= 0.3 is 0 Å². The van der Waals surface area contributed by atoms with Crippen LogP contribution in [0.15, 0.2) is 0 Å². The van der Waals surface area contributed by atoms with Gasteiger partial charge < -0.3 is 0 Å². The summed E-state index contributed by atoms with van der Waals surface area (Å²) in [6, 6.07) is 0.721. The maximum Gasteiger partial charge on any atom is 0.113 e. The second kappa shape index (κ2) is 3.33. The van der Waals surface area contributed by atoms with Crippen molar-refractivity contribution in [3.05, 3.63) is 0 Å². The number of nitrogens with zero attached hydrogens (tertiary/aromatic N) is 1. The van der Waals surface area contributed by atoms with Crippen molar-refractivity contribution in [2.45, 2.75) is 44.8 Å². The molecule has 2 aliphatic rings. The Balaban J connectivity index is 1.80. The van der Waals surface area contributed by atoms with Crippen molar-refractivity contribution in [1.29, 1.82) is 0 Å². The van der Waals surface area contributed by atoms with Crippen molar-refractivity contribution < 1.29 is 4.39 Å². The highest BCUT2D eigenvalue weighted by Crippen LogP contribution is 2.32. The summed E-state index contributed by atoms with van der Waals surface area (Å²) >= 11 is 0. The molecule has 2 heteroatoms. The third-order valence-corrected chi connectivity index (χ3v) is 3.26. The Kier molecular flexibility index (Phi) is 2.35. The van der Waals surface area contributed by atoms with E-state index < -0.39 is 6.17 Å². The average Bonchev–Trinajstić information content (AvgIpc) is 1.99. The van der Waals surface area contributed by atoms with E-state index in [0.717, 1.165) is 31.3 Å². The van der Waals surface area contributed by atoms with E-state index in [1.807, 2.05) is 0 Å². The fraction of sp³-hybridized carbons (Fsp3) is 1.00. The van der Waals surface area contributed by atoms with Gasteiger partial charge in [0, 0.05) is 12.6 Å². The molecular formula is C10H18FN. The Morgan fingerprint density at radius 1 is 1.33 bits per heavy atom. The fourth-order valence-corrected chi connectivity index (χ4v) is 2.44. The number of alkyl halides is 1. The SMILES string of the molecule is CC1CC(N2CCC[C@@H](F)C2)C1. The molecule has 0 unspecified atom stereocenters. The summed E-state index contributed by atoms with van der Waals surface area (Å²) in [5, 5.41) is 0. The minimum absolute atomic E-state index is 0.547. The minimum Gasteiger partial charge on any atom is -0.297 e. The van der Waals surface area contributed by atoms with E-state index in [2.05, 4.69) is 11.8 Å². The van der Waals surface area contributed by atoms with Crippen LogP contribution in [0.1, 0.15) is 32.6 Å². The van der Waals surface area contributed by atoms with E-state index in [1.54, 1.807) is 0 Å². The van der Waals surface area contributed by atoms with E-state index in [-0.39, 0.29) is 0 Å². The molecule has 70 valence electrons. The summed E-state index contributed by atoms with van der Waals surface area (Å²) in [4.78, 5) is 2.36. The molecule has 2 fully saturated rings. The molecule has 0 bridgehead atoms. The lowest BCUT2D eigenvalue weighted by molar-refractivity contribution is 0.0374. The van der Waals surface area contributed by atoms with Crippen molar-refractivity contribution in [2.24, 2.45) is 5.92 Å². The molecular weight excluding hydrogens is 153 g/mol. The summed E-state index contributed by atoms with van der Waals surface area (Å²) < 4.78 is 13.0. The molecule has 0 aromatic heterocycles. The molecule has 1 aliphatic heterocycles. The summed E-state index contributed by atoms with van der Waals surface area (Å²) in [6.07, 6.45) is 3.90. The maximum absolute atomic E-state index is 13.0. The second-order valence-corrected chi connectivity index (χ2v) is 4.46. The lowest BCUT2D eigenvalue weighted by atomic mass is 9.80. The van der Waals surface area contributed by atoms with Gasteiger partial charge in [0.2, 0.25) is 0 Å². The first-order valence-corrected chi connectivity index (χ1v) is 5.14. The van der Waals surface area contributed by atoms with Gasteiger partial charge in [-0.1, -0.05) is 6.92 Å². The van der Waals surface area contributed by atoms with E-state index in [9.17, 15) is 4.39 Å². The van der Waals surface area contributed by atoms with Gasteiger partial charge in [0.25, 0.3) is 0 Å². The van der Waals surface area contributed by atoms with Gasteiger partial charge in [-0.15, -0.1) is 0 Å². The molecule has 0 radical (unpaired) electrons. The topological polar surface area (TPSA) is 3.24 Å². The summed E-state index contributed by atoms with van der Waals surface area (Å²) in [5.41, 5.74) is 0. The van der Waals surface area contributed by atoms with Gasteiger partial charge in [0.1, 0.15) is 6.17 Å². The van der Waals surface area contributed by atoms with Crippen LogP contribution < -0.4 is 0 Å². The Hall–Kier alpha value is -0.110. The second-order valence-electron chi connectivity index (χ2n) is 4.46. The zero-order valence-corrected chi connectivity index (χ0v) is 7.80. The molecule has 0 aromatic carbocycles. The highest BCUT2D eigenvalue weighted by atomic mass is 19.1. The first-order chi connectivity index (χ1) is 5.75. The molecule has 2 rings (SSSR count). The fourth-order valence-electron chi connectivity index (χ4n) is 2.44. The number of halogens is 1. The quantitative estimate of drug-likeness (QED) is 0.584. The molecule has 1 heterocycles. The zero-order valence-electron chi connectivity index (χ0n) is 7.80. The lowest BCUT2D eigenvalue weighted by Crippen LogP contribution is -2.49. The predicted octanol–water partition coefficient (Wildman–Crippen LogP) is 2.22. The van der Waals surface area contributed by atoms with Crippen LogP contribution in [0.2, 0.25) is 0 Å². The number of rotatable bonds is 1. The standard InChI is InChI=1S/C10H18FN/c1-8-5-10(6-8)12-4-2-3-9(11)7-12/h8-10H,2-7H2,1H3/t8?,9-,10?/m1/s1. The van der Waals surface area contributed by atoms with Gasteiger partial charge in [0.15, 0.2) is 0 Å². The van der Waals surface area contributed by atoms with Gasteiger partial charge in [-0.3, -0.25) is 4.90 Å². The molecule has 0 aromatic rings. The van der Waals surface area contributed by atoms with Gasteiger partial charge in [-0.05, 0) is 38.1 Å². The van der Waals surface area contributed by atoms with Gasteiger partial charge in [-0.2, -0.15) is 0 Å². The number of likely N-dealkylation sites (tertiary alicyclic amines) is 1. The molecule has 1 saturated carbocycles. The molecule has 1 saturated heterocycles. The van der Waals surface area contributed by atoms with Crippen LogP contribution in [0.4, 0.5) is 4.39 Å². The first-order valence-electron chi connectivity index (χ1n) is 5.14. The number of hydrogen-bond acceptors (Lipinski definition) is 1. The molecule has 0 amide bonds. The maximum atomic E-state index is 13.0. The van der Waals surface area contributed by atoms with E-state index in [4.69, 9.17) is 0 Å². The summed E-state index contributed by atoms with van der Waals surface area (Å²) in [5.74, 6) is 0.884. The van der Waals surface area contributed by atoms with Crippen molar-refractivity contribution in [3.8, 4) is 0 Å². The minimum atomic E-state index is -0.547.